The number of halogens is 1. The van der Waals surface area contributed by atoms with E-state index < -0.39 is 11.8 Å². The normalized spacial score (nSPS) is 14.3. The zero-order valence-electron chi connectivity index (χ0n) is 21.6. The van der Waals surface area contributed by atoms with Crippen molar-refractivity contribution in [2.45, 2.75) is 20.5 Å². The average molecular weight is 567 g/mol. The molecule has 1 aliphatic heterocycles. The molecule has 3 aromatic carbocycles. The standard InChI is InChI=1S/C31H23ClN4O3S/c1-19-15-23(16-26-29(37)34-31(40)36(30(26)38)28-10-6-5-9-27(28)32)20(2)35(19)24-11-13-25(14-12-24)39-18-22-8-4-3-7-21(22)17-33/h3-16H,18H2,1-2H3,(H,34,37,40)/b26-16+. The Balaban J connectivity index is 1.40. The third-order valence-corrected chi connectivity index (χ3v) is 7.20. The van der Waals surface area contributed by atoms with Crippen LogP contribution in [0.3, 0.4) is 0 Å². The maximum atomic E-state index is 13.4. The molecule has 1 N–H and O–H groups in total. The van der Waals surface area contributed by atoms with Crippen LogP contribution < -0.4 is 15.0 Å². The van der Waals surface area contributed by atoms with Crippen molar-refractivity contribution in [2.75, 3.05) is 4.90 Å². The zero-order chi connectivity index (χ0) is 28.4. The van der Waals surface area contributed by atoms with Gasteiger partial charge < -0.3 is 9.30 Å². The molecular weight excluding hydrogens is 544 g/mol. The average Bonchev–Trinajstić information content (AvgIpc) is 3.23. The highest BCUT2D eigenvalue weighted by molar-refractivity contribution is 7.80. The van der Waals surface area contributed by atoms with Crippen molar-refractivity contribution in [1.29, 1.82) is 5.26 Å². The minimum absolute atomic E-state index is 0.0239. The highest BCUT2D eigenvalue weighted by atomic mass is 35.5. The smallest absolute Gasteiger partial charge is 0.270 e. The van der Waals surface area contributed by atoms with E-state index in [1.165, 1.54) is 4.90 Å². The number of amides is 2. The van der Waals surface area contributed by atoms with Gasteiger partial charge in [-0.25, -0.2) is 0 Å². The second-order valence-electron chi connectivity index (χ2n) is 9.12. The third-order valence-electron chi connectivity index (χ3n) is 6.59. The molecule has 0 saturated carbocycles. The molecule has 0 spiro atoms. The molecule has 1 aliphatic rings. The lowest BCUT2D eigenvalue weighted by Crippen LogP contribution is -2.54. The first-order valence-corrected chi connectivity index (χ1v) is 13.1. The van der Waals surface area contributed by atoms with Crippen LogP contribution in [0, 0.1) is 25.2 Å². The molecule has 198 valence electrons. The number of hydrogen-bond donors (Lipinski definition) is 1. The van der Waals surface area contributed by atoms with E-state index in [1.54, 1.807) is 36.4 Å². The van der Waals surface area contributed by atoms with Crippen molar-refractivity contribution < 1.29 is 14.3 Å². The number of benzene rings is 3. The van der Waals surface area contributed by atoms with Gasteiger partial charge in [0.1, 0.15) is 17.9 Å². The molecule has 2 amide bonds. The Morgan fingerprint density at radius 1 is 1.02 bits per heavy atom. The summed E-state index contributed by atoms with van der Waals surface area (Å²) in [6.45, 7) is 4.16. The van der Waals surface area contributed by atoms with Gasteiger partial charge in [-0.15, -0.1) is 0 Å². The van der Waals surface area contributed by atoms with E-state index >= 15 is 0 Å². The lowest BCUT2D eigenvalue weighted by Gasteiger charge is -2.29. The molecule has 5 rings (SSSR count). The summed E-state index contributed by atoms with van der Waals surface area (Å²) in [5.74, 6) is -0.449. The van der Waals surface area contributed by atoms with Gasteiger partial charge in [-0.05, 0) is 86.2 Å². The van der Waals surface area contributed by atoms with E-state index in [0.29, 0.717) is 22.0 Å². The topological polar surface area (TPSA) is 87.4 Å². The molecule has 0 atom stereocenters. The first kappa shape index (κ1) is 26.9. The lowest BCUT2D eigenvalue weighted by molar-refractivity contribution is -0.122. The van der Waals surface area contributed by atoms with Crippen molar-refractivity contribution in [2.24, 2.45) is 0 Å². The summed E-state index contributed by atoms with van der Waals surface area (Å²) in [4.78, 5) is 27.5. The number of aromatic nitrogens is 1. The Morgan fingerprint density at radius 2 is 1.73 bits per heavy atom. The van der Waals surface area contributed by atoms with E-state index in [0.717, 1.165) is 28.2 Å². The molecule has 0 bridgehead atoms. The van der Waals surface area contributed by atoms with Crippen LogP contribution in [0.1, 0.15) is 28.1 Å². The summed E-state index contributed by atoms with van der Waals surface area (Å²) >= 11 is 11.6. The fourth-order valence-electron chi connectivity index (χ4n) is 4.60. The minimum atomic E-state index is -0.567. The largest absolute Gasteiger partial charge is 0.489 e. The fraction of sp³-hybridized carbons (Fsp3) is 0.0968. The summed E-state index contributed by atoms with van der Waals surface area (Å²) < 4.78 is 7.93. The van der Waals surface area contributed by atoms with Crippen LogP contribution in [-0.4, -0.2) is 21.5 Å². The number of aryl methyl sites for hydroxylation is 1. The molecule has 0 unspecified atom stereocenters. The Labute approximate surface area is 241 Å². The number of nitrogens with one attached hydrogen (secondary N) is 1. The molecule has 4 aromatic rings. The van der Waals surface area contributed by atoms with Gasteiger partial charge in [0.25, 0.3) is 11.8 Å². The second-order valence-corrected chi connectivity index (χ2v) is 9.92. The number of para-hydroxylation sites is 1. The van der Waals surface area contributed by atoms with Gasteiger partial charge in [-0.2, -0.15) is 5.26 Å². The van der Waals surface area contributed by atoms with Gasteiger partial charge in [-0.1, -0.05) is 41.9 Å². The van der Waals surface area contributed by atoms with Crippen molar-refractivity contribution in [1.82, 2.24) is 9.88 Å². The predicted octanol–water partition coefficient (Wildman–Crippen LogP) is 6.03. The van der Waals surface area contributed by atoms with E-state index in [1.807, 2.05) is 66.9 Å². The van der Waals surface area contributed by atoms with Crippen LogP contribution in [0.25, 0.3) is 11.8 Å². The summed E-state index contributed by atoms with van der Waals surface area (Å²) in [5, 5.41) is 12.2. The predicted molar refractivity (Wildman–Crippen MR) is 158 cm³/mol. The van der Waals surface area contributed by atoms with Crippen LogP contribution >= 0.6 is 23.8 Å². The Hall–Kier alpha value is -4.71. The number of thiocarbonyl (C=S) groups is 1. The van der Waals surface area contributed by atoms with Gasteiger partial charge >= 0.3 is 0 Å². The van der Waals surface area contributed by atoms with E-state index in [9.17, 15) is 14.9 Å². The number of ether oxygens (including phenoxy) is 1. The van der Waals surface area contributed by atoms with Gasteiger partial charge in [-0.3, -0.25) is 19.8 Å². The van der Waals surface area contributed by atoms with Crippen molar-refractivity contribution in [3.63, 3.8) is 0 Å². The van der Waals surface area contributed by atoms with Crippen LogP contribution in [-0.2, 0) is 16.2 Å². The second kappa shape index (κ2) is 11.2. The molecule has 0 aliphatic carbocycles. The SMILES string of the molecule is Cc1cc(/C=C2\C(=O)NC(=S)N(c3ccccc3Cl)C2=O)c(C)n1-c1ccc(OCc2ccccc2C#N)cc1. The Morgan fingerprint density at radius 3 is 2.45 bits per heavy atom. The quantitative estimate of drug-likeness (QED) is 0.175. The third kappa shape index (κ3) is 5.13. The van der Waals surface area contributed by atoms with Crippen LogP contribution in [0.5, 0.6) is 5.75 Å². The van der Waals surface area contributed by atoms with Crippen molar-refractivity contribution >= 4 is 52.5 Å². The number of hydrogen-bond acceptors (Lipinski definition) is 5. The maximum Gasteiger partial charge on any atom is 0.270 e. The van der Waals surface area contributed by atoms with E-state index in [-0.39, 0.29) is 17.3 Å². The summed E-state index contributed by atoms with van der Waals surface area (Å²) in [6, 6.07) is 25.8. The molecule has 7 nitrogen and oxygen atoms in total. The molecule has 1 aromatic heterocycles. The molecule has 1 saturated heterocycles. The number of carbonyl (C=O) groups excluding carboxylic acids is 2. The molecular formula is C31H23ClN4O3S. The number of anilines is 1. The zero-order valence-corrected chi connectivity index (χ0v) is 23.2. The monoisotopic (exact) mass is 566 g/mol. The van der Waals surface area contributed by atoms with Gasteiger partial charge in [0.15, 0.2) is 5.11 Å². The van der Waals surface area contributed by atoms with Crippen LogP contribution in [0.4, 0.5) is 5.69 Å². The minimum Gasteiger partial charge on any atom is -0.489 e. The molecule has 9 heteroatoms. The highest BCUT2D eigenvalue weighted by Gasteiger charge is 2.35. The van der Waals surface area contributed by atoms with Crippen molar-refractivity contribution in [3.8, 4) is 17.5 Å². The van der Waals surface area contributed by atoms with Crippen molar-refractivity contribution in [3.05, 3.63) is 118 Å². The van der Waals surface area contributed by atoms with Gasteiger partial charge in [0, 0.05) is 22.6 Å². The number of nitriles is 1. The highest BCUT2D eigenvalue weighted by Crippen LogP contribution is 2.30. The van der Waals surface area contributed by atoms with Gasteiger partial charge in [0.05, 0.1) is 22.3 Å². The molecule has 0 radical (unpaired) electrons. The number of nitrogens with zero attached hydrogens (tertiary/aromatic N) is 3. The summed E-state index contributed by atoms with van der Waals surface area (Å²) in [7, 11) is 0. The van der Waals surface area contributed by atoms with Crippen LogP contribution in [0.2, 0.25) is 5.02 Å². The molecule has 2 heterocycles. The Kier molecular flexibility index (Phi) is 7.52. The van der Waals surface area contributed by atoms with E-state index in [4.69, 9.17) is 28.6 Å². The van der Waals surface area contributed by atoms with Crippen LogP contribution in [0.15, 0.2) is 84.4 Å². The van der Waals surface area contributed by atoms with E-state index in [2.05, 4.69) is 11.4 Å². The molecule has 1 fully saturated rings. The fourth-order valence-corrected chi connectivity index (χ4v) is 5.10. The number of carbonyl (C=O) groups is 2. The first-order chi connectivity index (χ1) is 19.3. The summed E-state index contributed by atoms with van der Waals surface area (Å²) in [6.07, 6.45) is 1.58. The lowest BCUT2D eigenvalue weighted by atomic mass is 10.1. The number of rotatable bonds is 6. The Bertz CT molecular complexity index is 1730. The maximum absolute atomic E-state index is 13.4. The van der Waals surface area contributed by atoms with Gasteiger partial charge in [0.2, 0.25) is 0 Å². The summed E-state index contributed by atoms with van der Waals surface area (Å²) in [5.41, 5.74) is 5.13. The molecule has 40 heavy (non-hydrogen) atoms. The first-order valence-electron chi connectivity index (χ1n) is 12.3.